The first kappa shape index (κ1) is 20.0. The summed E-state index contributed by atoms with van der Waals surface area (Å²) >= 11 is 0. The average Bonchev–Trinajstić information content (AvgIpc) is 3.41. The number of alkyl halides is 3. The molecule has 2 fully saturated rings. The molecule has 2 aliphatic carbocycles. The fourth-order valence-electron chi connectivity index (χ4n) is 4.15. The zero-order chi connectivity index (χ0) is 20.6. The average molecular weight is 406 g/mol. The van der Waals surface area contributed by atoms with E-state index in [-0.39, 0.29) is 11.8 Å². The third-order valence-corrected chi connectivity index (χ3v) is 5.75. The molecule has 1 aliphatic heterocycles. The van der Waals surface area contributed by atoms with Crippen molar-refractivity contribution < 1.29 is 22.7 Å². The van der Waals surface area contributed by atoms with Crippen LogP contribution in [0.25, 0.3) is 0 Å². The Kier molecular flexibility index (Phi) is 5.19. The SMILES string of the molecule is CN(C)CCCON=C1C2CC=CC=C2OC2(c3ccc(C(F)(F)F)cc3)CC12. The normalized spacial score (nSPS) is 29.2. The number of fused-ring (bicyclic) bond motifs is 2. The minimum absolute atomic E-state index is 0.0294. The number of rotatable bonds is 6. The quantitative estimate of drug-likeness (QED) is 0.506. The van der Waals surface area contributed by atoms with Crippen LogP contribution in [0.4, 0.5) is 13.2 Å². The van der Waals surface area contributed by atoms with Crippen molar-refractivity contribution in [3.8, 4) is 0 Å². The second-order valence-electron chi connectivity index (χ2n) is 8.12. The highest BCUT2D eigenvalue weighted by Crippen LogP contribution is 2.62. The lowest BCUT2D eigenvalue weighted by Crippen LogP contribution is -2.34. The standard InChI is InChI=1S/C22H25F3N2O2/c1-27(2)12-5-13-28-26-20-17-6-3-4-7-19(17)29-21(14-18(20)21)15-8-10-16(11-9-15)22(23,24)25/h3-4,7-11,17-18H,5-6,12-14H2,1-2H3. The summed E-state index contributed by atoms with van der Waals surface area (Å²) < 4.78 is 45.1. The first-order chi connectivity index (χ1) is 13.8. The summed E-state index contributed by atoms with van der Waals surface area (Å²) in [6.45, 7) is 1.45. The lowest BCUT2D eigenvalue weighted by Gasteiger charge is -2.34. The monoisotopic (exact) mass is 406 g/mol. The van der Waals surface area contributed by atoms with Crippen LogP contribution in [0.1, 0.15) is 30.4 Å². The Morgan fingerprint density at radius 2 is 2.00 bits per heavy atom. The van der Waals surface area contributed by atoms with E-state index in [9.17, 15) is 13.2 Å². The number of halogens is 3. The van der Waals surface area contributed by atoms with Gasteiger partial charge < -0.3 is 14.5 Å². The van der Waals surface area contributed by atoms with Gasteiger partial charge in [0.05, 0.1) is 17.2 Å². The van der Waals surface area contributed by atoms with Gasteiger partial charge in [0, 0.05) is 18.9 Å². The van der Waals surface area contributed by atoms with E-state index >= 15 is 0 Å². The summed E-state index contributed by atoms with van der Waals surface area (Å²) in [6.07, 6.45) is 3.98. The van der Waals surface area contributed by atoms with E-state index in [0.717, 1.165) is 48.6 Å². The van der Waals surface area contributed by atoms with E-state index in [0.29, 0.717) is 13.0 Å². The molecular weight excluding hydrogens is 381 g/mol. The van der Waals surface area contributed by atoms with Crippen LogP contribution >= 0.6 is 0 Å². The number of nitrogens with zero attached hydrogens (tertiary/aromatic N) is 2. The summed E-state index contributed by atoms with van der Waals surface area (Å²) in [5.74, 6) is 0.891. The first-order valence-electron chi connectivity index (χ1n) is 9.89. The predicted octanol–water partition coefficient (Wildman–Crippen LogP) is 4.74. The lowest BCUT2D eigenvalue weighted by atomic mass is 9.86. The van der Waals surface area contributed by atoms with E-state index < -0.39 is 17.3 Å². The molecule has 0 aromatic heterocycles. The van der Waals surface area contributed by atoms with Crippen molar-refractivity contribution in [1.82, 2.24) is 4.90 Å². The van der Waals surface area contributed by atoms with Gasteiger partial charge in [-0.05, 0) is 50.7 Å². The van der Waals surface area contributed by atoms with Gasteiger partial charge in [-0.15, -0.1) is 0 Å². The van der Waals surface area contributed by atoms with Gasteiger partial charge in [-0.1, -0.05) is 29.4 Å². The third-order valence-electron chi connectivity index (χ3n) is 5.75. The van der Waals surface area contributed by atoms with Crippen LogP contribution in [0, 0.1) is 11.8 Å². The van der Waals surface area contributed by atoms with E-state index in [4.69, 9.17) is 9.57 Å². The second kappa shape index (κ2) is 7.52. The predicted molar refractivity (Wildman–Crippen MR) is 104 cm³/mol. The Hall–Kier alpha value is -2.28. The fraction of sp³-hybridized carbons (Fsp3) is 0.500. The first-order valence-corrected chi connectivity index (χ1v) is 9.89. The number of allylic oxidation sites excluding steroid dienone is 4. The number of oxime groups is 1. The molecule has 1 saturated carbocycles. The molecule has 1 aromatic carbocycles. The Bertz CT molecular complexity index is 843. The van der Waals surface area contributed by atoms with Crippen molar-refractivity contribution in [1.29, 1.82) is 0 Å². The van der Waals surface area contributed by atoms with Gasteiger partial charge >= 0.3 is 6.18 Å². The van der Waals surface area contributed by atoms with Crippen LogP contribution in [0.5, 0.6) is 0 Å². The fourth-order valence-corrected chi connectivity index (χ4v) is 4.15. The van der Waals surface area contributed by atoms with E-state index in [1.54, 1.807) is 0 Å². The Morgan fingerprint density at radius 3 is 2.69 bits per heavy atom. The molecule has 3 atom stereocenters. The van der Waals surface area contributed by atoms with Crippen LogP contribution in [0.3, 0.4) is 0 Å². The van der Waals surface area contributed by atoms with Gasteiger partial charge in [-0.25, -0.2) is 0 Å². The van der Waals surface area contributed by atoms with E-state index in [1.165, 1.54) is 12.1 Å². The van der Waals surface area contributed by atoms with Crippen molar-refractivity contribution in [3.05, 3.63) is 59.4 Å². The molecule has 4 rings (SSSR count). The van der Waals surface area contributed by atoms with Crippen molar-refractivity contribution in [2.24, 2.45) is 17.0 Å². The maximum Gasteiger partial charge on any atom is 0.416 e. The highest BCUT2D eigenvalue weighted by atomic mass is 19.4. The van der Waals surface area contributed by atoms with Crippen LogP contribution in [-0.4, -0.2) is 37.9 Å². The molecular formula is C22H25F3N2O2. The Balaban J connectivity index is 1.55. The Labute approximate surface area is 168 Å². The largest absolute Gasteiger partial charge is 0.485 e. The van der Waals surface area contributed by atoms with Crippen molar-refractivity contribution in [2.75, 3.05) is 27.2 Å². The van der Waals surface area contributed by atoms with Gasteiger partial charge in [0.25, 0.3) is 0 Å². The summed E-state index contributed by atoms with van der Waals surface area (Å²) in [4.78, 5) is 7.71. The molecule has 4 nitrogen and oxygen atoms in total. The topological polar surface area (TPSA) is 34.1 Å². The van der Waals surface area contributed by atoms with Crippen molar-refractivity contribution in [2.45, 2.75) is 31.0 Å². The van der Waals surface area contributed by atoms with Crippen LogP contribution in [0.15, 0.2) is 53.4 Å². The van der Waals surface area contributed by atoms with Crippen molar-refractivity contribution >= 4 is 5.71 Å². The summed E-state index contributed by atoms with van der Waals surface area (Å²) in [5, 5.41) is 4.48. The minimum atomic E-state index is -4.35. The maximum atomic E-state index is 12.9. The lowest BCUT2D eigenvalue weighted by molar-refractivity contribution is -0.137. The molecule has 0 bridgehead atoms. The highest BCUT2D eigenvalue weighted by Gasteiger charge is 2.65. The molecule has 1 saturated heterocycles. The highest BCUT2D eigenvalue weighted by molar-refractivity contribution is 5.96. The van der Waals surface area contributed by atoms with Gasteiger partial charge in [-0.2, -0.15) is 13.2 Å². The van der Waals surface area contributed by atoms with Crippen LogP contribution in [0.2, 0.25) is 0 Å². The molecule has 1 heterocycles. The summed E-state index contributed by atoms with van der Waals surface area (Å²) in [7, 11) is 4.02. The Morgan fingerprint density at radius 1 is 1.24 bits per heavy atom. The molecule has 3 unspecified atom stereocenters. The molecule has 1 aromatic rings. The van der Waals surface area contributed by atoms with Gasteiger partial charge in [-0.3, -0.25) is 0 Å². The van der Waals surface area contributed by atoms with Crippen molar-refractivity contribution in [3.63, 3.8) is 0 Å². The number of hydrogen-bond acceptors (Lipinski definition) is 4. The molecule has 0 spiro atoms. The second-order valence-corrected chi connectivity index (χ2v) is 8.12. The number of hydrogen-bond donors (Lipinski definition) is 0. The smallest absolute Gasteiger partial charge is 0.416 e. The number of ether oxygens (including phenoxy) is 1. The zero-order valence-corrected chi connectivity index (χ0v) is 16.6. The third kappa shape index (κ3) is 3.92. The molecule has 7 heteroatoms. The van der Waals surface area contributed by atoms with E-state index in [2.05, 4.69) is 16.1 Å². The molecule has 0 amide bonds. The minimum Gasteiger partial charge on any atom is -0.485 e. The van der Waals surface area contributed by atoms with Gasteiger partial charge in [0.1, 0.15) is 18.0 Å². The molecule has 0 N–H and O–H groups in total. The maximum absolute atomic E-state index is 12.9. The molecule has 156 valence electrons. The van der Waals surface area contributed by atoms with Gasteiger partial charge in [0.2, 0.25) is 0 Å². The van der Waals surface area contributed by atoms with Crippen LogP contribution in [-0.2, 0) is 21.4 Å². The number of benzene rings is 1. The van der Waals surface area contributed by atoms with E-state index in [1.807, 2.05) is 26.2 Å². The van der Waals surface area contributed by atoms with Gasteiger partial charge in [0.15, 0.2) is 0 Å². The molecule has 29 heavy (non-hydrogen) atoms. The molecule has 0 radical (unpaired) electrons. The zero-order valence-electron chi connectivity index (χ0n) is 16.6. The molecule has 3 aliphatic rings. The summed E-state index contributed by atoms with van der Waals surface area (Å²) in [5.41, 5.74) is 0.409. The van der Waals surface area contributed by atoms with Crippen LogP contribution < -0.4 is 0 Å². The summed E-state index contributed by atoms with van der Waals surface area (Å²) in [6, 6.07) is 5.30.